The van der Waals surface area contributed by atoms with Crippen molar-refractivity contribution in [2.75, 3.05) is 38.7 Å². The number of carbonyl (C=O) groups is 1. The number of pyridine rings is 1. The lowest BCUT2D eigenvalue weighted by molar-refractivity contribution is 0.101. The molecule has 1 aliphatic heterocycles. The molecule has 1 saturated heterocycles. The fraction of sp³-hybridized carbons (Fsp3) is 0.351. The number of piperidine rings is 1. The van der Waals surface area contributed by atoms with Crippen molar-refractivity contribution in [3.63, 3.8) is 0 Å². The number of aromatic nitrogens is 4. The smallest absolute Gasteiger partial charge is 0.351 e. The highest BCUT2D eigenvalue weighted by Gasteiger charge is 2.33. The van der Waals surface area contributed by atoms with E-state index in [2.05, 4.69) is 27.2 Å². The normalized spacial score (nSPS) is 15.3. The summed E-state index contributed by atoms with van der Waals surface area (Å²) >= 11 is 6.31. The first-order valence-electron chi connectivity index (χ1n) is 16.9. The molecule has 0 spiro atoms. The number of halogens is 2. The molecule has 0 bridgehead atoms. The minimum absolute atomic E-state index is 0.0558. The van der Waals surface area contributed by atoms with Crippen LogP contribution in [0.2, 0.25) is 5.02 Å². The Hall–Kier alpha value is -4.94. The Morgan fingerprint density at radius 1 is 1.00 bits per heavy atom. The lowest BCUT2D eigenvalue weighted by atomic mass is 9.99. The first-order chi connectivity index (χ1) is 24.3. The fourth-order valence-electron chi connectivity index (χ4n) is 6.19. The minimum Gasteiger partial charge on any atom is -0.493 e. The van der Waals surface area contributed by atoms with Crippen molar-refractivity contribution in [1.29, 1.82) is 0 Å². The van der Waals surface area contributed by atoms with E-state index < -0.39 is 17.4 Å². The summed E-state index contributed by atoms with van der Waals surface area (Å²) in [5.41, 5.74) is 0.664. The van der Waals surface area contributed by atoms with Gasteiger partial charge in [-0.1, -0.05) is 30.7 Å². The summed E-state index contributed by atoms with van der Waals surface area (Å²) in [7, 11) is 1.57. The maximum atomic E-state index is 15.4. The molecular formula is C37H38ClFN6O5. The van der Waals surface area contributed by atoms with Gasteiger partial charge in [-0.3, -0.25) is 14.3 Å². The summed E-state index contributed by atoms with van der Waals surface area (Å²) in [6.45, 7) is 6.10. The van der Waals surface area contributed by atoms with Gasteiger partial charge in [0.2, 0.25) is 5.82 Å². The SMILES string of the molecule is COc1cc2c(Oc3ccc(NC(=O)c4nn(-c5ccccc5Cl)c(=O)n4C4CC4)cc3F)ccnc2cc1OCCCN1CCC(C)CC1. The van der Waals surface area contributed by atoms with Crippen LogP contribution in [0.3, 0.4) is 0 Å². The molecule has 2 aromatic heterocycles. The van der Waals surface area contributed by atoms with Gasteiger partial charge in [0.05, 0.1) is 29.9 Å². The van der Waals surface area contributed by atoms with Gasteiger partial charge in [0.1, 0.15) is 5.75 Å². The Bertz CT molecular complexity index is 2090. The third kappa shape index (κ3) is 7.17. The topological polar surface area (TPSA) is 113 Å². The van der Waals surface area contributed by atoms with Crippen LogP contribution < -0.4 is 25.2 Å². The molecule has 0 radical (unpaired) electrons. The summed E-state index contributed by atoms with van der Waals surface area (Å²) < 4.78 is 35.7. The molecule has 3 aromatic carbocycles. The molecule has 0 unspecified atom stereocenters. The van der Waals surface area contributed by atoms with Crippen molar-refractivity contribution in [2.45, 2.75) is 45.1 Å². The van der Waals surface area contributed by atoms with E-state index >= 15 is 4.39 Å². The number of carbonyl (C=O) groups excluding carboxylic acids is 1. The van der Waals surface area contributed by atoms with Crippen LogP contribution in [0.5, 0.6) is 23.0 Å². The average molecular weight is 701 g/mol. The fourth-order valence-corrected chi connectivity index (χ4v) is 6.40. The van der Waals surface area contributed by atoms with Gasteiger partial charge in [0.15, 0.2) is 23.1 Å². The van der Waals surface area contributed by atoms with Crippen LogP contribution in [-0.4, -0.2) is 63.5 Å². The predicted molar refractivity (Wildman–Crippen MR) is 189 cm³/mol. The highest BCUT2D eigenvalue weighted by atomic mass is 35.5. The highest BCUT2D eigenvalue weighted by molar-refractivity contribution is 6.32. The number of nitrogens with zero attached hydrogens (tertiary/aromatic N) is 5. The Labute approximate surface area is 293 Å². The van der Waals surface area contributed by atoms with E-state index in [1.54, 1.807) is 55.8 Å². The zero-order chi connectivity index (χ0) is 34.8. The van der Waals surface area contributed by atoms with E-state index in [1.807, 2.05) is 0 Å². The zero-order valence-corrected chi connectivity index (χ0v) is 28.7. The molecule has 0 atom stereocenters. The highest BCUT2D eigenvalue weighted by Crippen LogP contribution is 2.38. The van der Waals surface area contributed by atoms with Crippen molar-refractivity contribution in [2.24, 2.45) is 5.92 Å². The maximum absolute atomic E-state index is 15.4. The maximum Gasteiger partial charge on any atom is 0.351 e. The number of methoxy groups -OCH3 is 1. The number of fused-ring (bicyclic) bond motifs is 1. The number of ether oxygens (including phenoxy) is 3. The van der Waals surface area contributed by atoms with E-state index in [9.17, 15) is 9.59 Å². The standard InChI is InChI=1S/C37H38ClFN6O5/c1-23-13-17-43(18-14-23)16-5-19-49-34-22-29-26(21-33(34)48-2)31(12-15-40-29)50-32-11-8-24(20-28(32)39)41-36(46)35-42-45(30-7-4-3-6-27(30)38)37(47)44(35)25-9-10-25/h3-4,6-8,11-12,15,20-23,25H,5,9-10,13-14,16-19H2,1-2H3,(H,41,46). The summed E-state index contributed by atoms with van der Waals surface area (Å²) in [5, 5.41) is 7.91. The second-order valence-electron chi connectivity index (χ2n) is 12.8. The molecule has 1 aliphatic carbocycles. The molecule has 5 aromatic rings. The molecule has 3 heterocycles. The Morgan fingerprint density at radius 2 is 1.80 bits per heavy atom. The molecule has 2 fully saturated rings. The first-order valence-corrected chi connectivity index (χ1v) is 17.2. The van der Waals surface area contributed by atoms with Gasteiger partial charge in [-0.2, -0.15) is 4.68 Å². The van der Waals surface area contributed by atoms with E-state index in [0.717, 1.165) is 55.6 Å². The van der Waals surface area contributed by atoms with Crippen molar-refractivity contribution in [3.8, 4) is 28.7 Å². The number of likely N-dealkylation sites (tertiary alicyclic amines) is 1. The predicted octanol–water partition coefficient (Wildman–Crippen LogP) is 7.26. The van der Waals surface area contributed by atoms with Crippen molar-refractivity contribution in [1.82, 2.24) is 24.2 Å². The molecule has 1 N–H and O–H groups in total. The average Bonchev–Trinajstić information content (AvgIpc) is 3.90. The minimum atomic E-state index is -0.705. The first kappa shape index (κ1) is 33.6. The van der Waals surface area contributed by atoms with Crippen LogP contribution >= 0.6 is 11.6 Å². The Kier molecular flexibility index (Phi) is 9.73. The molecule has 7 rings (SSSR count). The number of nitrogens with one attached hydrogen (secondary N) is 1. The van der Waals surface area contributed by atoms with Crippen molar-refractivity contribution < 1.29 is 23.4 Å². The van der Waals surface area contributed by atoms with Crippen LogP contribution in [0, 0.1) is 11.7 Å². The quantitative estimate of drug-likeness (QED) is 0.135. The second-order valence-corrected chi connectivity index (χ2v) is 13.2. The van der Waals surface area contributed by atoms with Gasteiger partial charge in [-0.15, -0.1) is 5.10 Å². The summed E-state index contributed by atoms with van der Waals surface area (Å²) in [6, 6.07) is 15.9. The van der Waals surface area contributed by atoms with Crippen molar-refractivity contribution >= 4 is 34.1 Å². The number of hydrogen-bond acceptors (Lipinski definition) is 8. The van der Waals surface area contributed by atoms with Gasteiger partial charge in [0.25, 0.3) is 5.91 Å². The number of anilines is 1. The number of benzene rings is 3. The van der Waals surface area contributed by atoms with Crippen molar-refractivity contribution in [3.05, 3.63) is 94.0 Å². The van der Waals surface area contributed by atoms with Crippen LogP contribution in [-0.2, 0) is 0 Å². The van der Waals surface area contributed by atoms with Crippen LogP contribution in [0.1, 0.15) is 55.7 Å². The number of hydrogen-bond donors (Lipinski definition) is 1. The Balaban J connectivity index is 1.05. The van der Waals surface area contributed by atoms with E-state index in [4.69, 9.17) is 25.8 Å². The molecule has 11 nitrogen and oxygen atoms in total. The zero-order valence-electron chi connectivity index (χ0n) is 27.9. The Morgan fingerprint density at radius 3 is 2.54 bits per heavy atom. The summed E-state index contributed by atoms with van der Waals surface area (Å²) in [6.07, 6.45) is 6.45. The lowest BCUT2D eigenvalue weighted by Gasteiger charge is -2.30. The van der Waals surface area contributed by atoms with Gasteiger partial charge < -0.3 is 24.4 Å². The molecule has 1 saturated carbocycles. The number of amides is 1. The number of rotatable bonds is 12. The van der Waals surface area contributed by atoms with E-state index in [0.29, 0.717) is 45.5 Å². The molecule has 1 amide bonds. The van der Waals surface area contributed by atoms with E-state index in [-0.39, 0.29) is 23.3 Å². The van der Waals surface area contributed by atoms with Gasteiger partial charge in [-0.25, -0.2) is 9.18 Å². The lowest BCUT2D eigenvalue weighted by Crippen LogP contribution is -2.34. The monoisotopic (exact) mass is 700 g/mol. The largest absolute Gasteiger partial charge is 0.493 e. The molecule has 260 valence electrons. The van der Waals surface area contributed by atoms with Crippen LogP contribution in [0.15, 0.2) is 71.7 Å². The van der Waals surface area contributed by atoms with Crippen LogP contribution in [0.4, 0.5) is 10.1 Å². The molecule has 2 aliphatic rings. The van der Waals surface area contributed by atoms with Gasteiger partial charge in [-0.05, 0) is 87.5 Å². The summed E-state index contributed by atoms with van der Waals surface area (Å²) in [5.74, 6) is 0.758. The molecule has 13 heteroatoms. The molecule has 50 heavy (non-hydrogen) atoms. The van der Waals surface area contributed by atoms with E-state index in [1.165, 1.54) is 29.5 Å². The van der Waals surface area contributed by atoms with Gasteiger partial charge in [0, 0.05) is 42.0 Å². The third-order valence-electron chi connectivity index (χ3n) is 9.16. The summed E-state index contributed by atoms with van der Waals surface area (Å²) in [4.78, 5) is 33.6. The second kappa shape index (κ2) is 14.5. The number of para-hydroxylation sites is 1. The third-order valence-corrected chi connectivity index (χ3v) is 9.47. The van der Waals surface area contributed by atoms with Crippen LogP contribution in [0.25, 0.3) is 16.6 Å². The molecular weight excluding hydrogens is 663 g/mol. The van der Waals surface area contributed by atoms with Gasteiger partial charge >= 0.3 is 5.69 Å².